The number of carbonyl (C=O) groups excluding carboxylic acids is 2. The summed E-state index contributed by atoms with van der Waals surface area (Å²) in [5.41, 5.74) is 1.86. The molecule has 6 rings (SSSR count). The number of carboxylic acids is 1. The van der Waals surface area contributed by atoms with Crippen molar-refractivity contribution in [2.45, 2.75) is 6.92 Å². The van der Waals surface area contributed by atoms with Crippen molar-refractivity contribution in [3.8, 4) is 0 Å². The Bertz CT molecular complexity index is 1620. The van der Waals surface area contributed by atoms with Crippen LogP contribution < -0.4 is 0 Å². The van der Waals surface area contributed by atoms with Crippen LogP contribution in [0.4, 0.5) is 0 Å². The monoisotopic (exact) mass is 758 g/mol. The molecule has 4 nitrogen and oxygen atoms in total. The first-order valence-electron chi connectivity index (χ1n) is 11.2. The lowest BCUT2D eigenvalue weighted by atomic mass is 9.84. The Kier molecular flexibility index (Phi) is 8.98. The van der Waals surface area contributed by atoms with Gasteiger partial charge < -0.3 is 5.11 Å². The molecule has 5 aromatic carbocycles. The fraction of sp³-hybridized carbons (Fsp3) is 0.0333. The van der Waals surface area contributed by atoms with Crippen molar-refractivity contribution in [1.29, 1.82) is 0 Å². The van der Waals surface area contributed by atoms with Crippen molar-refractivity contribution < 1.29 is 19.5 Å². The molecule has 0 bridgehead atoms. The van der Waals surface area contributed by atoms with Gasteiger partial charge in [0.2, 0.25) is 0 Å². The molecule has 0 aromatic heterocycles. The molecule has 0 saturated heterocycles. The number of halogens is 4. The average Bonchev–Trinajstić information content (AvgIpc) is 2.86. The minimum absolute atomic E-state index is 0.103. The smallest absolute Gasteiger partial charge is 0.300 e. The highest BCUT2D eigenvalue weighted by Gasteiger charge is 2.29. The first-order valence-corrected chi connectivity index (χ1v) is 14.4. The van der Waals surface area contributed by atoms with Crippen molar-refractivity contribution in [1.82, 2.24) is 0 Å². The molecular weight excluding hydrogens is 744 g/mol. The number of hydrogen-bond acceptors (Lipinski definition) is 3. The molecule has 190 valence electrons. The van der Waals surface area contributed by atoms with Gasteiger partial charge in [-0.3, -0.25) is 14.4 Å². The van der Waals surface area contributed by atoms with Gasteiger partial charge in [0.1, 0.15) is 0 Å². The van der Waals surface area contributed by atoms with E-state index in [9.17, 15) is 9.59 Å². The van der Waals surface area contributed by atoms with Crippen LogP contribution in [0.15, 0.2) is 103 Å². The third-order valence-corrected chi connectivity index (χ3v) is 7.63. The largest absolute Gasteiger partial charge is 0.481 e. The number of carbonyl (C=O) groups is 3. The van der Waals surface area contributed by atoms with Gasteiger partial charge in [0.25, 0.3) is 5.97 Å². The van der Waals surface area contributed by atoms with Crippen LogP contribution in [0.25, 0.3) is 21.5 Å². The summed E-state index contributed by atoms with van der Waals surface area (Å²) in [7, 11) is 0. The van der Waals surface area contributed by atoms with E-state index in [-0.39, 0.29) is 11.6 Å². The molecule has 38 heavy (non-hydrogen) atoms. The summed E-state index contributed by atoms with van der Waals surface area (Å²) in [5, 5.41) is 12.5. The van der Waals surface area contributed by atoms with Crippen LogP contribution in [-0.2, 0) is 4.79 Å². The molecule has 0 unspecified atom stereocenters. The number of fused-ring (bicyclic) bond motifs is 4. The maximum atomic E-state index is 12.3. The number of aliphatic carboxylic acids is 1. The molecule has 0 saturated carbocycles. The van der Waals surface area contributed by atoms with Crippen molar-refractivity contribution in [2.75, 3.05) is 0 Å². The number of ketones is 2. The minimum atomic E-state index is -0.833. The fourth-order valence-electron chi connectivity index (χ4n) is 4.03. The number of carboxylic acid groups (broad SMARTS) is 1. The molecule has 8 heteroatoms. The van der Waals surface area contributed by atoms with Crippen molar-refractivity contribution in [2.24, 2.45) is 0 Å². The van der Waals surface area contributed by atoms with Crippen LogP contribution in [0.5, 0.6) is 0 Å². The van der Waals surface area contributed by atoms with E-state index in [2.05, 4.69) is 112 Å². The molecule has 0 spiro atoms. The summed E-state index contributed by atoms with van der Waals surface area (Å²) in [6.45, 7) is 1.08. The average molecular weight is 762 g/mol. The summed E-state index contributed by atoms with van der Waals surface area (Å²) in [5.74, 6) is -1.04. The zero-order valence-electron chi connectivity index (χ0n) is 19.8. The molecule has 1 aliphatic rings. The maximum Gasteiger partial charge on any atom is 0.300 e. The van der Waals surface area contributed by atoms with Gasteiger partial charge in [0, 0.05) is 47.1 Å². The number of rotatable bonds is 0. The lowest BCUT2D eigenvalue weighted by molar-refractivity contribution is -0.134. The Morgan fingerprint density at radius 1 is 0.500 bits per heavy atom. The van der Waals surface area contributed by atoms with E-state index < -0.39 is 5.97 Å². The first kappa shape index (κ1) is 28.4. The predicted octanol–water partition coefficient (Wildman–Crippen LogP) is 9.60. The normalized spacial score (nSPS) is 11.6. The van der Waals surface area contributed by atoms with Gasteiger partial charge in [-0.25, -0.2) is 0 Å². The fourth-order valence-corrected chi connectivity index (χ4v) is 5.51. The van der Waals surface area contributed by atoms with Crippen LogP contribution in [-0.4, -0.2) is 22.6 Å². The molecule has 0 aliphatic heterocycles. The second-order valence-electron chi connectivity index (χ2n) is 8.39. The van der Waals surface area contributed by atoms with E-state index in [0.29, 0.717) is 22.3 Å². The molecule has 1 aliphatic carbocycles. The lowest BCUT2D eigenvalue weighted by Gasteiger charge is -2.17. The SMILES string of the molecule is Brc1ccc2cc3cc(Br)ccc3cc2c1.CC(=O)O.O=C1c2ccc(Br)cc2C(=O)c2ccc(Br)cc21. The van der Waals surface area contributed by atoms with Crippen molar-refractivity contribution >= 4 is 103 Å². The second-order valence-corrected chi connectivity index (χ2v) is 12.1. The molecular formula is C30H18Br4O4. The maximum absolute atomic E-state index is 12.3. The minimum Gasteiger partial charge on any atom is -0.481 e. The Morgan fingerprint density at radius 2 is 0.816 bits per heavy atom. The van der Waals surface area contributed by atoms with Crippen LogP contribution >= 0.6 is 63.7 Å². The summed E-state index contributed by atoms with van der Waals surface area (Å²) in [4.78, 5) is 33.7. The van der Waals surface area contributed by atoms with Gasteiger partial charge in [-0.15, -0.1) is 0 Å². The number of benzene rings is 5. The van der Waals surface area contributed by atoms with Crippen molar-refractivity contribution in [3.05, 3.63) is 125 Å². The highest BCUT2D eigenvalue weighted by molar-refractivity contribution is 9.11. The van der Waals surface area contributed by atoms with E-state index in [0.717, 1.165) is 24.8 Å². The highest BCUT2D eigenvalue weighted by atomic mass is 79.9. The standard InChI is InChI=1S/C14H6Br2O2.C14H8Br2.C2H4O2/c15-7-1-3-9-11(5-7)14(18)10-4-2-8(16)6-12(10)13(9)17;15-13-3-1-9-5-12-8-14(16)4-2-10(12)6-11(9)7-13;1-2(3)4/h1-6H;1-8H;1H3,(H,3,4). The molecule has 1 N–H and O–H groups in total. The van der Waals surface area contributed by atoms with Gasteiger partial charge in [0.05, 0.1) is 0 Å². The molecule has 0 heterocycles. The van der Waals surface area contributed by atoms with Gasteiger partial charge in [-0.1, -0.05) is 75.9 Å². The van der Waals surface area contributed by atoms with Crippen molar-refractivity contribution in [3.63, 3.8) is 0 Å². The Hall–Kier alpha value is -2.65. The van der Waals surface area contributed by atoms with Gasteiger partial charge in [-0.2, -0.15) is 0 Å². The van der Waals surface area contributed by atoms with E-state index in [4.69, 9.17) is 9.90 Å². The summed E-state index contributed by atoms with van der Waals surface area (Å²) < 4.78 is 3.83. The third-order valence-electron chi connectivity index (χ3n) is 5.66. The zero-order chi connectivity index (χ0) is 27.6. The molecule has 0 amide bonds. The zero-order valence-corrected chi connectivity index (χ0v) is 26.1. The second kappa shape index (κ2) is 12.0. The summed E-state index contributed by atoms with van der Waals surface area (Å²) in [6.07, 6.45) is 0. The molecule has 5 aromatic rings. The quantitative estimate of drug-likeness (QED) is 0.157. The molecule has 0 fully saturated rings. The molecule has 0 radical (unpaired) electrons. The third kappa shape index (κ3) is 6.49. The first-order chi connectivity index (χ1) is 18.0. The van der Waals surface area contributed by atoms with Crippen LogP contribution in [0.1, 0.15) is 38.8 Å². The van der Waals surface area contributed by atoms with Gasteiger partial charge >= 0.3 is 0 Å². The summed E-state index contributed by atoms with van der Waals surface area (Å²) >= 11 is 13.6. The van der Waals surface area contributed by atoms with Gasteiger partial charge in [-0.05, 0) is 94.3 Å². The van der Waals surface area contributed by atoms with E-state index in [1.54, 1.807) is 36.4 Å². The van der Waals surface area contributed by atoms with Crippen LogP contribution in [0, 0.1) is 0 Å². The summed E-state index contributed by atoms with van der Waals surface area (Å²) in [6, 6.07) is 27.5. The molecule has 0 atom stereocenters. The number of hydrogen-bond donors (Lipinski definition) is 1. The van der Waals surface area contributed by atoms with E-state index >= 15 is 0 Å². The Morgan fingerprint density at radius 3 is 1.18 bits per heavy atom. The predicted molar refractivity (Wildman–Crippen MR) is 165 cm³/mol. The topological polar surface area (TPSA) is 71.4 Å². The van der Waals surface area contributed by atoms with Gasteiger partial charge in [0.15, 0.2) is 11.6 Å². The Balaban J connectivity index is 0.000000156. The van der Waals surface area contributed by atoms with Crippen LogP contribution in [0.3, 0.4) is 0 Å². The highest BCUT2D eigenvalue weighted by Crippen LogP contribution is 2.31. The lowest BCUT2D eigenvalue weighted by Crippen LogP contribution is -2.20. The van der Waals surface area contributed by atoms with E-state index in [1.165, 1.54) is 21.5 Å². The van der Waals surface area contributed by atoms with E-state index in [1.807, 2.05) is 0 Å². The Labute approximate surface area is 252 Å². The van der Waals surface area contributed by atoms with Crippen LogP contribution in [0.2, 0.25) is 0 Å².